The van der Waals surface area contributed by atoms with Crippen LogP contribution < -0.4 is 0 Å². The van der Waals surface area contributed by atoms with E-state index in [-0.39, 0.29) is 11.7 Å². The van der Waals surface area contributed by atoms with Gasteiger partial charge in [-0.1, -0.05) is 17.7 Å². The number of aryl methyl sites for hydroxylation is 1. The first-order valence-electron chi connectivity index (χ1n) is 4.76. The van der Waals surface area contributed by atoms with Crippen LogP contribution >= 0.6 is 11.6 Å². The molecule has 1 aromatic carbocycles. The van der Waals surface area contributed by atoms with E-state index in [2.05, 4.69) is 0 Å². The van der Waals surface area contributed by atoms with E-state index in [1.165, 1.54) is 6.07 Å². The molecule has 0 aliphatic heterocycles. The van der Waals surface area contributed by atoms with Gasteiger partial charge in [-0.05, 0) is 31.0 Å². The fourth-order valence-electron chi connectivity index (χ4n) is 1.21. The van der Waals surface area contributed by atoms with Crippen LogP contribution in [-0.4, -0.2) is 17.7 Å². The Bertz CT molecular complexity index is 350. The largest absolute Gasteiger partial charge is 0.508 e. The number of hydrogen-bond acceptors (Lipinski definition) is 3. The van der Waals surface area contributed by atoms with Crippen LogP contribution in [0.1, 0.15) is 18.9 Å². The van der Waals surface area contributed by atoms with E-state index in [1.807, 2.05) is 0 Å². The third-order valence-electron chi connectivity index (χ3n) is 1.94. The second kappa shape index (κ2) is 5.61. The minimum Gasteiger partial charge on any atom is -0.508 e. The van der Waals surface area contributed by atoms with Crippen molar-refractivity contribution in [1.29, 1.82) is 0 Å². The maximum absolute atomic E-state index is 11.1. The Balaban J connectivity index is 2.54. The van der Waals surface area contributed by atoms with Gasteiger partial charge in [-0.15, -0.1) is 0 Å². The predicted molar refractivity (Wildman–Crippen MR) is 58.1 cm³/mol. The van der Waals surface area contributed by atoms with Crippen molar-refractivity contribution in [3.05, 3.63) is 28.8 Å². The first kappa shape index (κ1) is 11.9. The first-order valence-corrected chi connectivity index (χ1v) is 5.14. The molecular formula is C11H13ClO3. The zero-order valence-corrected chi connectivity index (χ0v) is 9.25. The van der Waals surface area contributed by atoms with Gasteiger partial charge in [-0.3, -0.25) is 4.79 Å². The summed E-state index contributed by atoms with van der Waals surface area (Å²) in [4.78, 5) is 11.1. The fourth-order valence-corrected chi connectivity index (χ4v) is 1.48. The Morgan fingerprint density at radius 3 is 2.87 bits per heavy atom. The number of hydrogen-bond donors (Lipinski definition) is 1. The Hall–Kier alpha value is -1.22. The SMILES string of the molecule is CCOC(=O)CCc1ccc(O)cc1Cl. The van der Waals surface area contributed by atoms with Crippen LogP contribution in [0.3, 0.4) is 0 Å². The standard InChI is InChI=1S/C11H13ClO3/c1-2-15-11(14)6-4-8-3-5-9(13)7-10(8)12/h3,5,7,13H,2,4,6H2,1H3. The van der Waals surface area contributed by atoms with Crippen LogP contribution in [0.4, 0.5) is 0 Å². The zero-order chi connectivity index (χ0) is 11.3. The van der Waals surface area contributed by atoms with Gasteiger partial charge in [-0.25, -0.2) is 0 Å². The number of esters is 1. The van der Waals surface area contributed by atoms with Crippen molar-refractivity contribution in [2.24, 2.45) is 0 Å². The number of benzene rings is 1. The van der Waals surface area contributed by atoms with E-state index < -0.39 is 0 Å². The quantitative estimate of drug-likeness (QED) is 0.806. The molecule has 0 atom stereocenters. The van der Waals surface area contributed by atoms with E-state index in [0.29, 0.717) is 24.5 Å². The lowest BCUT2D eigenvalue weighted by atomic mass is 10.1. The highest BCUT2D eigenvalue weighted by molar-refractivity contribution is 6.31. The number of carbonyl (C=O) groups excluding carboxylic acids is 1. The van der Waals surface area contributed by atoms with Gasteiger partial charge >= 0.3 is 5.97 Å². The van der Waals surface area contributed by atoms with Crippen molar-refractivity contribution in [3.63, 3.8) is 0 Å². The second-order valence-electron chi connectivity index (χ2n) is 3.08. The summed E-state index contributed by atoms with van der Waals surface area (Å²) in [6.07, 6.45) is 0.830. The molecule has 3 nitrogen and oxygen atoms in total. The number of halogens is 1. The lowest BCUT2D eigenvalue weighted by Crippen LogP contribution is -2.05. The normalized spacial score (nSPS) is 10.0. The van der Waals surface area contributed by atoms with Crippen LogP contribution in [0.15, 0.2) is 18.2 Å². The molecule has 0 spiro atoms. The number of ether oxygens (including phenoxy) is 1. The van der Waals surface area contributed by atoms with Gasteiger partial charge in [0.05, 0.1) is 6.61 Å². The molecule has 0 radical (unpaired) electrons. The molecule has 0 aliphatic carbocycles. The fraction of sp³-hybridized carbons (Fsp3) is 0.364. The van der Waals surface area contributed by atoms with Crippen LogP contribution in [-0.2, 0) is 16.0 Å². The van der Waals surface area contributed by atoms with Crippen molar-refractivity contribution >= 4 is 17.6 Å². The average molecular weight is 229 g/mol. The van der Waals surface area contributed by atoms with Gasteiger partial charge in [0, 0.05) is 11.4 Å². The Labute approximate surface area is 93.6 Å². The molecule has 4 heteroatoms. The minimum atomic E-state index is -0.235. The second-order valence-corrected chi connectivity index (χ2v) is 3.49. The number of rotatable bonds is 4. The maximum Gasteiger partial charge on any atom is 0.306 e. The summed E-state index contributed by atoms with van der Waals surface area (Å²) in [7, 11) is 0. The number of phenols is 1. The maximum atomic E-state index is 11.1. The molecule has 0 amide bonds. The summed E-state index contributed by atoms with van der Waals surface area (Å²) in [6, 6.07) is 4.71. The van der Waals surface area contributed by atoms with Crippen molar-refractivity contribution in [1.82, 2.24) is 0 Å². The lowest BCUT2D eigenvalue weighted by molar-refractivity contribution is -0.143. The Morgan fingerprint density at radius 2 is 2.27 bits per heavy atom. The van der Waals surface area contributed by atoms with Gasteiger partial charge in [0.25, 0.3) is 0 Å². The molecule has 82 valence electrons. The van der Waals surface area contributed by atoms with Crippen molar-refractivity contribution < 1.29 is 14.6 Å². The number of phenolic OH excluding ortho intramolecular Hbond substituents is 1. The minimum absolute atomic E-state index is 0.125. The van der Waals surface area contributed by atoms with Crippen molar-refractivity contribution in [3.8, 4) is 5.75 Å². The topological polar surface area (TPSA) is 46.5 Å². The van der Waals surface area contributed by atoms with E-state index in [0.717, 1.165) is 5.56 Å². The molecule has 1 N–H and O–H groups in total. The molecule has 0 aliphatic rings. The van der Waals surface area contributed by atoms with Gasteiger partial charge < -0.3 is 9.84 Å². The molecule has 1 aromatic rings. The molecule has 15 heavy (non-hydrogen) atoms. The third-order valence-corrected chi connectivity index (χ3v) is 2.29. The average Bonchev–Trinajstić information content (AvgIpc) is 2.17. The third kappa shape index (κ3) is 3.80. The van der Waals surface area contributed by atoms with Crippen LogP contribution in [0.5, 0.6) is 5.75 Å². The molecule has 0 fully saturated rings. The van der Waals surface area contributed by atoms with E-state index in [1.54, 1.807) is 19.1 Å². The molecule has 0 aromatic heterocycles. The van der Waals surface area contributed by atoms with E-state index in [4.69, 9.17) is 21.4 Å². The van der Waals surface area contributed by atoms with Crippen LogP contribution in [0.25, 0.3) is 0 Å². The van der Waals surface area contributed by atoms with Gasteiger partial charge in [0.15, 0.2) is 0 Å². The van der Waals surface area contributed by atoms with Gasteiger partial charge in [0.2, 0.25) is 0 Å². The van der Waals surface area contributed by atoms with Crippen molar-refractivity contribution in [2.75, 3.05) is 6.61 Å². The summed E-state index contributed by atoms with van der Waals surface area (Å²) in [5, 5.41) is 9.59. The monoisotopic (exact) mass is 228 g/mol. The molecule has 0 unspecified atom stereocenters. The van der Waals surface area contributed by atoms with E-state index >= 15 is 0 Å². The zero-order valence-electron chi connectivity index (χ0n) is 8.50. The molecule has 0 saturated heterocycles. The summed E-state index contributed by atoms with van der Waals surface area (Å²) in [6.45, 7) is 2.16. The lowest BCUT2D eigenvalue weighted by Gasteiger charge is -2.04. The van der Waals surface area contributed by atoms with Gasteiger partial charge in [0.1, 0.15) is 5.75 Å². The summed E-state index contributed by atoms with van der Waals surface area (Å²) in [5.74, 6) is -0.110. The summed E-state index contributed by atoms with van der Waals surface area (Å²) in [5.41, 5.74) is 0.836. The molecule has 1 rings (SSSR count). The molecular weight excluding hydrogens is 216 g/mol. The summed E-state index contributed by atoms with van der Waals surface area (Å²) >= 11 is 5.88. The Morgan fingerprint density at radius 1 is 1.53 bits per heavy atom. The number of carbonyl (C=O) groups is 1. The van der Waals surface area contributed by atoms with E-state index in [9.17, 15) is 4.79 Å². The molecule has 0 heterocycles. The van der Waals surface area contributed by atoms with Crippen LogP contribution in [0.2, 0.25) is 5.02 Å². The predicted octanol–water partition coefficient (Wildman–Crippen LogP) is 2.54. The highest BCUT2D eigenvalue weighted by atomic mass is 35.5. The highest BCUT2D eigenvalue weighted by Gasteiger charge is 2.06. The first-order chi connectivity index (χ1) is 7.13. The van der Waals surface area contributed by atoms with Crippen molar-refractivity contribution in [2.45, 2.75) is 19.8 Å². The highest BCUT2D eigenvalue weighted by Crippen LogP contribution is 2.22. The molecule has 0 bridgehead atoms. The van der Waals surface area contributed by atoms with Gasteiger partial charge in [-0.2, -0.15) is 0 Å². The van der Waals surface area contributed by atoms with Crippen LogP contribution in [0, 0.1) is 0 Å². The number of aromatic hydroxyl groups is 1. The summed E-state index contributed by atoms with van der Waals surface area (Å²) < 4.78 is 4.80. The molecule has 0 saturated carbocycles. The smallest absolute Gasteiger partial charge is 0.306 e. The Kier molecular flexibility index (Phi) is 4.43.